The first-order chi connectivity index (χ1) is 8.90. The average Bonchev–Trinajstić information content (AvgIpc) is 2.47. The molecule has 0 aliphatic heterocycles. The van der Waals surface area contributed by atoms with Crippen LogP contribution in [0.2, 0.25) is 0 Å². The van der Waals surface area contributed by atoms with Gasteiger partial charge in [-0.05, 0) is 16.7 Å². The molecule has 0 saturated heterocycles. The third-order valence-corrected chi connectivity index (χ3v) is 3.56. The van der Waals surface area contributed by atoms with Gasteiger partial charge in [-0.2, -0.15) is 0 Å². The van der Waals surface area contributed by atoms with Gasteiger partial charge in [-0.15, -0.1) is 0 Å². The Hall–Kier alpha value is -2.15. The highest BCUT2D eigenvalue weighted by molar-refractivity contribution is 5.73. The average molecular weight is 234 g/mol. The second kappa shape index (κ2) is 4.61. The van der Waals surface area contributed by atoms with Gasteiger partial charge in [-0.3, -0.25) is 0 Å². The number of hydrogen-bond acceptors (Lipinski definition) is 1. The van der Waals surface area contributed by atoms with Crippen LogP contribution < -0.4 is 0 Å². The topological polar surface area (TPSA) is 17.1 Å². The Labute approximate surface area is 107 Å². The fraction of sp³-hybridized carbons (Fsp3) is 0.118. The predicted octanol–water partition coefficient (Wildman–Crippen LogP) is 3.78. The van der Waals surface area contributed by atoms with Crippen molar-refractivity contribution in [3.63, 3.8) is 0 Å². The van der Waals surface area contributed by atoms with Crippen LogP contribution in [0, 0.1) is 0 Å². The summed E-state index contributed by atoms with van der Waals surface area (Å²) in [6.45, 7) is 0. The summed E-state index contributed by atoms with van der Waals surface area (Å²) in [4.78, 5) is 11.5. The normalized spacial score (nSPS) is 21.3. The molecule has 0 spiro atoms. The molecule has 2 atom stereocenters. The standard InChI is InChI=1S/C17H14O/c18-12-17-15-9-5-4-8-14(15)10-11-16(17)13-6-2-1-3-7-13/h1-12,16-17H/t16-,17+/m1/s1. The first-order valence-electron chi connectivity index (χ1n) is 6.17. The zero-order valence-electron chi connectivity index (χ0n) is 9.99. The monoisotopic (exact) mass is 234 g/mol. The van der Waals surface area contributed by atoms with Crippen molar-refractivity contribution in [2.75, 3.05) is 0 Å². The Morgan fingerprint density at radius 3 is 2.39 bits per heavy atom. The lowest BCUT2D eigenvalue weighted by Crippen LogP contribution is -2.15. The van der Waals surface area contributed by atoms with Crippen LogP contribution in [0.1, 0.15) is 28.5 Å². The van der Waals surface area contributed by atoms with Gasteiger partial charge in [0.25, 0.3) is 0 Å². The second-order valence-electron chi connectivity index (χ2n) is 4.59. The summed E-state index contributed by atoms with van der Waals surface area (Å²) in [7, 11) is 0. The summed E-state index contributed by atoms with van der Waals surface area (Å²) in [5.74, 6) is 0.0761. The lowest BCUT2D eigenvalue weighted by molar-refractivity contribution is -0.109. The molecule has 0 aromatic heterocycles. The summed E-state index contributed by atoms with van der Waals surface area (Å²) in [6, 6.07) is 18.3. The van der Waals surface area contributed by atoms with Crippen molar-refractivity contribution >= 4 is 12.4 Å². The smallest absolute Gasteiger partial charge is 0.128 e. The minimum Gasteiger partial charge on any atom is -0.303 e. The number of fused-ring (bicyclic) bond motifs is 1. The van der Waals surface area contributed by atoms with Crippen molar-refractivity contribution in [3.8, 4) is 0 Å². The van der Waals surface area contributed by atoms with Crippen LogP contribution in [-0.2, 0) is 4.79 Å². The maximum absolute atomic E-state index is 11.5. The Bertz CT molecular complexity index is 584. The maximum atomic E-state index is 11.5. The van der Waals surface area contributed by atoms with Crippen LogP contribution in [0.3, 0.4) is 0 Å². The highest BCUT2D eigenvalue weighted by Crippen LogP contribution is 2.38. The quantitative estimate of drug-likeness (QED) is 0.723. The summed E-state index contributed by atoms with van der Waals surface area (Å²) in [6.07, 6.45) is 5.32. The minimum absolute atomic E-state index is 0.0754. The maximum Gasteiger partial charge on any atom is 0.128 e. The SMILES string of the molecule is O=C[C@H]1c2ccccc2C=C[C@@H]1c1ccccc1. The van der Waals surface area contributed by atoms with Crippen molar-refractivity contribution in [2.24, 2.45) is 0 Å². The van der Waals surface area contributed by atoms with Crippen LogP contribution in [0.15, 0.2) is 60.7 Å². The molecular formula is C17H14O. The van der Waals surface area contributed by atoms with Gasteiger partial charge in [0.05, 0.1) is 5.92 Å². The van der Waals surface area contributed by atoms with E-state index in [-0.39, 0.29) is 11.8 Å². The molecule has 1 nitrogen and oxygen atoms in total. The molecule has 0 amide bonds. The van der Waals surface area contributed by atoms with Crippen LogP contribution in [0.5, 0.6) is 0 Å². The molecule has 0 bridgehead atoms. The van der Waals surface area contributed by atoms with Crippen molar-refractivity contribution in [2.45, 2.75) is 11.8 Å². The van der Waals surface area contributed by atoms with E-state index >= 15 is 0 Å². The van der Waals surface area contributed by atoms with Gasteiger partial charge in [0.15, 0.2) is 0 Å². The van der Waals surface area contributed by atoms with Gasteiger partial charge >= 0.3 is 0 Å². The van der Waals surface area contributed by atoms with Crippen molar-refractivity contribution in [1.82, 2.24) is 0 Å². The molecule has 1 aliphatic carbocycles. The first-order valence-corrected chi connectivity index (χ1v) is 6.17. The van der Waals surface area contributed by atoms with Gasteiger partial charge in [0.1, 0.15) is 6.29 Å². The van der Waals surface area contributed by atoms with E-state index in [1.807, 2.05) is 36.4 Å². The highest BCUT2D eigenvalue weighted by Gasteiger charge is 2.26. The number of rotatable bonds is 2. The molecule has 2 aromatic rings. The number of aldehydes is 1. The van der Waals surface area contributed by atoms with Crippen LogP contribution in [-0.4, -0.2) is 6.29 Å². The van der Waals surface area contributed by atoms with Gasteiger partial charge < -0.3 is 4.79 Å². The third kappa shape index (κ3) is 1.78. The molecule has 0 saturated carbocycles. The number of carbonyl (C=O) groups excluding carboxylic acids is 1. The fourth-order valence-electron chi connectivity index (χ4n) is 2.64. The van der Waals surface area contributed by atoms with E-state index in [0.29, 0.717) is 0 Å². The zero-order chi connectivity index (χ0) is 12.4. The van der Waals surface area contributed by atoms with E-state index in [4.69, 9.17) is 0 Å². The molecule has 1 heteroatoms. The van der Waals surface area contributed by atoms with Crippen LogP contribution in [0.25, 0.3) is 6.08 Å². The Balaban J connectivity index is 2.08. The lowest BCUT2D eigenvalue weighted by atomic mass is 9.77. The van der Waals surface area contributed by atoms with Crippen molar-refractivity contribution in [1.29, 1.82) is 0 Å². The van der Waals surface area contributed by atoms with Crippen molar-refractivity contribution < 1.29 is 4.79 Å². The highest BCUT2D eigenvalue weighted by atomic mass is 16.1. The molecule has 0 N–H and O–H groups in total. The Kier molecular flexibility index (Phi) is 2.81. The number of benzene rings is 2. The molecule has 88 valence electrons. The van der Waals surface area contributed by atoms with Gasteiger partial charge in [0.2, 0.25) is 0 Å². The van der Waals surface area contributed by atoms with Crippen LogP contribution >= 0.6 is 0 Å². The summed E-state index contributed by atoms with van der Waals surface area (Å²) < 4.78 is 0. The van der Waals surface area contributed by atoms with E-state index in [0.717, 1.165) is 17.4 Å². The first kappa shape index (κ1) is 11.0. The molecule has 0 fully saturated rings. The molecule has 1 aliphatic rings. The fourth-order valence-corrected chi connectivity index (χ4v) is 2.64. The number of carbonyl (C=O) groups is 1. The molecule has 18 heavy (non-hydrogen) atoms. The lowest BCUT2D eigenvalue weighted by Gasteiger charge is -2.26. The van der Waals surface area contributed by atoms with E-state index in [2.05, 4.69) is 30.4 Å². The van der Waals surface area contributed by atoms with E-state index in [1.54, 1.807) is 0 Å². The van der Waals surface area contributed by atoms with Gasteiger partial charge in [-0.1, -0.05) is 66.7 Å². The van der Waals surface area contributed by atoms with E-state index < -0.39 is 0 Å². The Morgan fingerprint density at radius 1 is 0.889 bits per heavy atom. The van der Waals surface area contributed by atoms with E-state index in [9.17, 15) is 4.79 Å². The van der Waals surface area contributed by atoms with Crippen molar-refractivity contribution in [3.05, 3.63) is 77.4 Å². The molecular weight excluding hydrogens is 220 g/mol. The van der Waals surface area contributed by atoms with E-state index in [1.165, 1.54) is 5.56 Å². The molecule has 0 unspecified atom stereocenters. The number of hydrogen-bond donors (Lipinski definition) is 0. The largest absolute Gasteiger partial charge is 0.303 e. The molecule has 3 rings (SSSR count). The summed E-state index contributed by atoms with van der Waals surface area (Å²) >= 11 is 0. The molecule has 2 aromatic carbocycles. The molecule has 0 heterocycles. The van der Waals surface area contributed by atoms with Crippen LogP contribution in [0.4, 0.5) is 0 Å². The van der Waals surface area contributed by atoms with Gasteiger partial charge in [-0.25, -0.2) is 0 Å². The zero-order valence-corrected chi connectivity index (χ0v) is 9.99. The summed E-state index contributed by atoms with van der Waals surface area (Å²) in [5.41, 5.74) is 3.48. The Morgan fingerprint density at radius 2 is 1.61 bits per heavy atom. The molecule has 0 radical (unpaired) electrons. The minimum atomic E-state index is -0.0754. The summed E-state index contributed by atoms with van der Waals surface area (Å²) in [5, 5.41) is 0. The third-order valence-electron chi connectivity index (χ3n) is 3.56. The number of allylic oxidation sites excluding steroid dienone is 1. The predicted molar refractivity (Wildman–Crippen MR) is 73.5 cm³/mol. The second-order valence-corrected chi connectivity index (χ2v) is 4.59. The van der Waals surface area contributed by atoms with Gasteiger partial charge in [0, 0.05) is 5.92 Å².